The summed E-state index contributed by atoms with van der Waals surface area (Å²) in [6, 6.07) is 3.77. The van der Waals surface area contributed by atoms with Crippen molar-refractivity contribution in [3.05, 3.63) is 27.9 Å². The highest BCUT2D eigenvalue weighted by Gasteiger charge is 2.39. The van der Waals surface area contributed by atoms with E-state index in [0.717, 1.165) is 17.7 Å². The highest BCUT2D eigenvalue weighted by atomic mass is 16.6. The van der Waals surface area contributed by atoms with Gasteiger partial charge in [-0.2, -0.15) is 0 Å². The second-order valence-corrected chi connectivity index (χ2v) is 5.48. The van der Waals surface area contributed by atoms with Crippen molar-refractivity contribution < 1.29 is 4.92 Å². The van der Waals surface area contributed by atoms with Crippen LogP contribution in [-0.2, 0) is 0 Å². The number of rotatable bonds is 3. The second-order valence-electron chi connectivity index (χ2n) is 5.48. The van der Waals surface area contributed by atoms with Crippen LogP contribution in [0.1, 0.15) is 31.4 Å². The van der Waals surface area contributed by atoms with Crippen LogP contribution in [0.2, 0.25) is 0 Å². The van der Waals surface area contributed by atoms with Crippen LogP contribution in [-0.4, -0.2) is 15.9 Å². The first kappa shape index (κ1) is 11.4. The van der Waals surface area contributed by atoms with Gasteiger partial charge in [-0.15, -0.1) is 0 Å². The van der Waals surface area contributed by atoms with Crippen LogP contribution in [0.15, 0.2) is 12.1 Å². The molecule has 0 aliphatic heterocycles. The number of nitrogens with zero attached hydrogens (tertiary/aromatic N) is 2. The first-order chi connectivity index (χ1) is 8.63. The van der Waals surface area contributed by atoms with Crippen molar-refractivity contribution in [1.82, 2.24) is 4.98 Å². The van der Waals surface area contributed by atoms with Crippen molar-refractivity contribution in [2.45, 2.75) is 38.6 Å². The number of aromatic nitrogens is 1. The topological polar surface area (TPSA) is 68.1 Å². The maximum absolute atomic E-state index is 10.7. The molecule has 3 unspecified atom stereocenters. The molecule has 0 spiro atoms. The Balaban J connectivity index is 1.74. The molecule has 0 amide bonds. The Kier molecular flexibility index (Phi) is 2.69. The van der Waals surface area contributed by atoms with E-state index >= 15 is 0 Å². The maximum Gasteiger partial charge on any atom is 0.290 e. The van der Waals surface area contributed by atoms with Gasteiger partial charge in [-0.25, -0.2) is 4.98 Å². The minimum Gasteiger partial charge on any atom is -0.367 e. The molecular weight excluding hydrogens is 230 g/mol. The lowest BCUT2D eigenvalue weighted by atomic mass is 9.95. The van der Waals surface area contributed by atoms with Crippen LogP contribution in [0.25, 0.3) is 0 Å². The summed E-state index contributed by atoms with van der Waals surface area (Å²) in [4.78, 5) is 14.6. The fraction of sp³-hybridized carbons (Fsp3) is 0.615. The minimum absolute atomic E-state index is 0.0912. The van der Waals surface area contributed by atoms with Gasteiger partial charge in [0.05, 0.1) is 4.92 Å². The first-order valence-corrected chi connectivity index (χ1v) is 6.52. The quantitative estimate of drug-likeness (QED) is 0.658. The predicted molar refractivity (Wildman–Crippen MR) is 68.5 cm³/mol. The van der Waals surface area contributed by atoms with Gasteiger partial charge in [-0.05, 0) is 44.1 Å². The van der Waals surface area contributed by atoms with E-state index in [9.17, 15) is 10.1 Å². The molecular formula is C13H17N3O2. The molecule has 1 aromatic rings. The van der Waals surface area contributed by atoms with E-state index in [1.165, 1.54) is 31.7 Å². The minimum atomic E-state index is -0.385. The number of pyridine rings is 1. The van der Waals surface area contributed by atoms with Gasteiger partial charge in [-0.1, -0.05) is 6.42 Å². The lowest BCUT2D eigenvalue weighted by Gasteiger charge is -2.23. The molecule has 2 aliphatic rings. The van der Waals surface area contributed by atoms with E-state index in [1.54, 1.807) is 13.0 Å². The zero-order valence-electron chi connectivity index (χ0n) is 10.4. The highest BCUT2D eigenvalue weighted by molar-refractivity contribution is 5.45. The zero-order valence-corrected chi connectivity index (χ0v) is 10.4. The zero-order chi connectivity index (χ0) is 12.7. The van der Waals surface area contributed by atoms with E-state index in [2.05, 4.69) is 10.3 Å². The predicted octanol–water partition coefficient (Wildman–Crippen LogP) is 2.90. The van der Waals surface area contributed by atoms with Gasteiger partial charge in [0.1, 0.15) is 11.5 Å². The van der Waals surface area contributed by atoms with Crippen LogP contribution < -0.4 is 5.32 Å². The third-order valence-corrected chi connectivity index (χ3v) is 4.33. The normalized spacial score (nSPS) is 29.5. The molecule has 2 fully saturated rings. The number of fused-ring (bicyclic) bond motifs is 2. The highest BCUT2D eigenvalue weighted by Crippen LogP contribution is 2.45. The van der Waals surface area contributed by atoms with Gasteiger partial charge in [0.25, 0.3) is 5.69 Å². The summed E-state index contributed by atoms with van der Waals surface area (Å²) >= 11 is 0. The van der Waals surface area contributed by atoms with E-state index < -0.39 is 0 Å². The molecule has 18 heavy (non-hydrogen) atoms. The molecule has 5 heteroatoms. The molecule has 2 bridgehead atoms. The molecule has 1 aromatic heterocycles. The molecule has 0 saturated heterocycles. The molecule has 5 nitrogen and oxygen atoms in total. The van der Waals surface area contributed by atoms with Gasteiger partial charge in [-0.3, -0.25) is 10.1 Å². The summed E-state index contributed by atoms with van der Waals surface area (Å²) in [5, 5.41) is 14.2. The number of hydrogen-bond donors (Lipinski definition) is 1. The van der Waals surface area contributed by atoms with E-state index in [1.807, 2.05) is 0 Å². The molecule has 3 atom stereocenters. The van der Waals surface area contributed by atoms with E-state index in [0.29, 0.717) is 11.7 Å². The Morgan fingerprint density at radius 1 is 1.39 bits per heavy atom. The van der Waals surface area contributed by atoms with Gasteiger partial charge >= 0.3 is 0 Å². The molecule has 96 valence electrons. The van der Waals surface area contributed by atoms with Gasteiger partial charge < -0.3 is 5.32 Å². The van der Waals surface area contributed by atoms with Crippen LogP contribution in [0.4, 0.5) is 11.5 Å². The van der Waals surface area contributed by atoms with Crippen molar-refractivity contribution in [1.29, 1.82) is 0 Å². The summed E-state index contributed by atoms with van der Waals surface area (Å²) < 4.78 is 0. The standard InChI is InChI=1S/C13H17N3O2/c1-8-12(16(17)18)4-5-13(14-8)15-11-7-9-2-3-10(11)6-9/h4-5,9-11H,2-3,6-7H2,1H3,(H,14,15). The van der Waals surface area contributed by atoms with Crippen molar-refractivity contribution in [2.75, 3.05) is 5.32 Å². The summed E-state index contributed by atoms with van der Waals surface area (Å²) in [5.74, 6) is 2.43. The molecule has 0 radical (unpaired) electrons. The average Bonchev–Trinajstić information content (AvgIpc) is 2.90. The summed E-state index contributed by atoms with van der Waals surface area (Å²) in [6.07, 6.45) is 5.25. The number of hydrogen-bond acceptors (Lipinski definition) is 4. The van der Waals surface area contributed by atoms with Gasteiger partial charge in [0, 0.05) is 12.1 Å². The second kappa shape index (κ2) is 4.23. The van der Waals surface area contributed by atoms with Crippen LogP contribution in [0.3, 0.4) is 0 Å². The summed E-state index contributed by atoms with van der Waals surface area (Å²) in [7, 11) is 0. The lowest BCUT2D eigenvalue weighted by molar-refractivity contribution is -0.385. The van der Waals surface area contributed by atoms with Gasteiger partial charge in [0.2, 0.25) is 0 Å². The summed E-state index contributed by atoms with van der Waals surface area (Å²) in [6.45, 7) is 1.68. The third-order valence-electron chi connectivity index (χ3n) is 4.33. The smallest absolute Gasteiger partial charge is 0.290 e. The lowest BCUT2D eigenvalue weighted by Crippen LogP contribution is -2.26. The largest absolute Gasteiger partial charge is 0.367 e. The van der Waals surface area contributed by atoms with Crippen LogP contribution in [0, 0.1) is 28.9 Å². The monoisotopic (exact) mass is 247 g/mol. The van der Waals surface area contributed by atoms with E-state index in [-0.39, 0.29) is 10.6 Å². The van der Waals surface area contributed by atoms with Crippen molar-refractivity contribution in [3.63, 3.8) is 0 Å². The number of anilines is 1. The van der Waals surface area contributed by atoms with Crippen LogP contribution in [0.5, 0.6) is 0 Å². The van der Waals surface area contributed by atoms with Crippen molar-refractivity contribution in [2.24, 2.45) is 11.8 Å². The SMILES string of the molecule is Cc1nc(NC2CC3CCC2C3)ccc1[N+](=O)[O-]. The third kappa shape index (κ3) is 1.94. The number of nitro groups is 1. The molecule has 2 saturated carbocycles. The Morgan fingerprint density at radius 3 is 2.78 bits per heavy atom. The maximum atomic E-state index is 10.7. The first-order valence-electron chi connectivity index (χ1n) is 6.52. The van der Waals surface area contributed by atoms with Crippen molar-refractivity contribution in [3.8, 4) is 0 Å². The fourth-order valence-corrected chi connectivity index (χ4v) is 3.44. The van der Waals surface area contributed by atoms with E-state index in [4.69, 9.17) is 0 Å². The molecule has 2 aliphatic carbocycles. The molecule has 1 N–H and O–H groups in total. The van der Waals surface area contributed by atoms with Crippen molar-refractivity contribution >= 4 is 11.5 Å². The molecule has 1 heterocycles. The van der Waals surface area contributed by atoms with Crippen LogP contribution >= 0.6 is 0 Å². The molecule has 0 aromatic carbocycles. The summed E-state index contributed by atoms with van der Waals surface area (Å²) in [5.41, 5.74) is 0.571. The fourth-order valence-electron chi connectivity index (χ4n) is 3.44. The number of nitrogens with one attached hydrogen (secondary N) is 1. The van der Waals surface area contributed by atoms with Gasteiger partial charge in [0.15, 0.2) is 0 Å². The average molecular weight is 247 g/mol. The Labute approximate surface area is 106 Å². The Morgan fingerprint density at radius 2 is 2.22 bits per heavy atom. The molecule has 3 rings (SSSR count). The number of aryl methyl sites for hydroxylation is 1. The Hall–Kier alpha value is -1.65. The Bertz CT molecular complexity index is 489.